The summed E-state index contributed by atoms with van der Waals surface area (Å²) < 4.78 is 29.7. The summed E-state index contributed by atoms with van der Waals surface area (Å²) in [4.78, 5) is 18.9. The maximum Gasteiger partial charge on any atom is 0.274 e. The zero-order valence-corrected chi connectivity index (χ0v) is 15.7. The van der Waals surface area contributed by atoms with Gasteiger partial charge in [0.25, 0.3) is 5.91 Å². The van der Waals surface area contributed by atoms with Crippen LogP contribution in [-0.2, 0) is 16.6 Å². The Morgan fingerprint density at radius 3 is 2.73 bits per heavy atom. The molecule has 8 heteroatoms. The van der Waals surface area contributed by atoms with Gasteiger partial charge in [-0.3, -0.25) is 9.36 Å². The van der Waals surface area contributed by atoms with E-state index in [1.54, 1.807) is 47.1 Å². The highest BCUT2D eigenvalue weighted by Gasteiger charge is 2.38. The van der Waals surface area contributed by atoms with Crippen LogP contribution >= 0.6 is 0 Å². The highest BCUT2D eigenvalue weighted by atomic mass is 32.2. The van der Waals surface area contributed by atoms with E-state index in [1.807, 2.05) is 6.92 Å². The summed E-state index contributed by atoms with van der Waals surface area (Å²) in [6, 6.07) is 6.91. The molecule has 1 saturated carbocycles. The third-order valence-electron chi connectivity index (χ3n) is 5.12. The molecule has 2 aromatic rings. The lowest BCUT2D eigenvalue weighted by molar-refractivity contribution is 0.0795. The molecule has 1 amide bonds. The first-order valence-corrected chi connectivity index (χ1v) is 10.3. The number of amides is 1. The summed E-state index contributed by atoms with van der Waals surface area (Å²) in [5.74, 6) is 0.216. The van der Waals surface area contributed by atoms with Crippen molar-refractivity contribution in [2.75, 3.05) is 20.1 Å². The van der Waals surface area contributed by atoms with Gasteiger partial charge in [-0.05, 0) is 37.8 Å². The first-order valence-electron chi connectivity index (χ1n) is 8.84. The number of carbonyl (C=O) groups is 1. The van der Waals surface area contributed by atoms with Gasteiger partial charge in [-0.1, -0.05) is 12.1 Å². The van der Waals surface area contributed by atoms with Crippen molar-refractivity contribution in [2.45, 2.75) is 31.2 Å². The average Bonchev–Trinajstić information content (AvgIpc) is 3.38. The highest BCUT2D eigenvalue weighted by Crippen LogP contribution is 2.36. The predicted octanol–water partition coefficient (Wildman–Crippen LogP) is 1.88. The number of imidazole rings is 1. The Morgan fingerprint density at radius 1 is 1.31 bits per heavy atom. The van der Waals surface area contributed by atoms with Gasteiger partial charge in [-0.2, -0.15) is 4.31 Å². The van der Waals surface area contributed by atoms with Gasteiger partial charge in [0.1, 0.15) is 11.2 Å². The number of rotatable bonds is 4. The van der Waals surface area contributed by atoms with E-state index in [2.05, 4.69) is 4.98 Å². The lowest BCUT2D eigenvalue weighted by atomic mass is 10.2. The van der Waals surface area contributed by atoms with E-state index >= 15 is 0 Å². The average molecular weight is 374 g/mol. The number of aromatic nitrogens is 2. The van der Waals surface area contributed by atoms with Gasteiger partial charge >= 0.3 is 0 Å². The van der Waals surface area contributed by atoms with Gasteiger partial charge in [0.15, 0.2) is 5.69 Å². The molecule has 2 heterocycles. The molecule has 1 aromatic carbocycles. The van der Waals surface area contributed by atoms with Crippen molar-refractivity contribution in [2.24, 2.45) is 5.92 Å². The maximum atomic E-state index is 13.2. The van der Waals surface area contributed by atoms with Crippen LogP contribution in [0.25, 0.3) is 5.69 Å². The molecule has 0 radical (unpaired) electrons. The molecule has 1 aliphatic heterocycles. The normalized spacial score (nSPS) is 18.7. The minimum absolute atomic E-state index is 0.159. The van der Waals surface area contributed by atoms with E-state index in [0.717, 1.165) is 12.8 Å². The Morgan fingerprint density at radius 2 is 2.04 bits per heavy atom. The third-order valence-corrected chi connectivity index (χ3v) is 6.98. The van der Waals surface area contributed by atoms with E-state index in [1.165, 1.54) is 4.31 Å². The summed E-state index contributed by atoms with van der Waals surface area (Å²) in [7, 11) is -1.90. The Labute approximate surface area is 153 Å². The molecule has 2 aliphatic rings. The molecule has 1 fully saturated rings. The lowest BCUT2D eigenvalue weighted by Gasteiger charge is -2.20. The SMILES string of the molecule is CCN(C)C(=O)c1ncn2c1CN(CC1CC1)S(=O)(=O)c1ccccc1-2. The molecule has 0 unspecified atom stereocenters. The predicted molar refractivity (Wildman–Crippen MR) is 96.5 cm³/mol. The number of hydrogen-bond acceptors (Lipinski definition) is 4. The summed E-state index contributed by atoms with van der Waals surface area (Å²) in [6.07, 6.45) is 3.66. The van der Waals surface area contributed by atoms with Crippen LogP contribution < -0.4 is 0 Å². The number of carbonyl (C=O) groups excluding carboxylic acids is 1. The molecule has 1 aromatic heterocycles. The minimum atomic E-state index is -3.62. The van der Waals surface area contributed by atoms with E-state index in [-0.39, 0.29) is 17.3 Å². The molecular formula is C18H22N4O3S. The van der Waals surface area contributed by atoms with Crippen molar-refractivity contribution in [3.05, 3.63) is 42.0 Å². The molecule has 26 heavy (non-hydrogen) atoms. The summed E-state index contributed by atoms with van der Waals surface area (Å²) in [5.41, 5.74) is 1.50. The number of fused-ring (bicyclic) bond motifs is 3. The van der Waals surface area contributed by atoms with E-state index < -0.39 is 10.0 Å². The van der Waals surface area contributed by atoms with Crippen molar-refractivity contribution in [1.29, 1.82) is 0 Å². The van der Waals surface area contributed by atoms with Gasteiger partial charge < -0.3 is 4.90 Å². The van der Waals surface area contributed by atoms with Crippen LogP contribution in [0.2, 0.25) is 0 Å². The van der Waals surface area contributed by atoms with Crippen molar-refractivity contribution < 1.29 is 13.2 Å². The second kappa shape index (κ2) is 6.21. The van der Waals surface area contributed by atoms with Crippen LogP contribution in [0.5, 0.6) is 0 Å². The Bertz CT molecular complexity index is 963. The zero-order chi connectivity index (χ0) is 18.5. The van der Waals surface area contributed by atoms with E-state index in [4.69, 9.17) is 0 Å². The van der Waals surface area contributed by atoms with E-state index in [0.29, 0.717) is 36.1 Å². The molecule has 0 spiro atoms. The molecule has 138 valence electrons. The minimum Gasteiger partial charge on any atom is -0.341 e. The Kier molecular flexibility index (Phi) is 4.11. The summed E-state index contributed by atoms with van der Waals surface area (Å²) in [5, 5.41) is 0. The molecule has 0 atom stereocenters. The fraction of sp³-hybridized carbons (Fsp3) is 0.444. The molecule has 0 bridgehead atoms. The van der Waals surface area contributed by atoms with Gasteiger partial charge in [0.2, 0.25) is 10.0 Å². The summed E-state index contributed by atoms with van der Waals surface area (Å²) in [6.45, 7) is 3.10. The topological polar surface area (TPSA) is 75.5 Å². The Balaban J connectivity index is 1.89. The smallest absolute Gasteiger partial charge is 0.274 e. The maximum absolute atomic E-state index is 13.2. The number of benzene rings is 1. The van der Waals surface area contributed by atoms with Crippen LogP contribution in [0, 0.1) is 5.92 Å². The van der Waals surface area contributed by atoms with Crippen molar-refractivity contribution >= 4 is 15.9 Å². The monoisotopic (exact) mass is 374 g/mol. The highest BCUT2D eigenvalue weighted by molar-refractivity contribution is 7.89. The molecular weight excluding hydrogens is 352 g/mol. The second-order valence-electron chi connectivity index (χ2n) is 6.94. The molecule has 1 aliphatic carbocycles. The van der Waals surface area contributed by atoms with Crippen molar-refractivity contribution in [3.63, 3.8) is 0 Å². The first-order chi connectivity index (χ1) is 12.4. The van der Waals surface area contributed by atoms with Gasteiger partial charge in [0, 0.05) is 20.1 Å². The van der Waals surface area contributed by atoms with E-state index in [9.17, 15) is 13.2 Å². The molecule has 4 rings (SSSR count). The lowest BCUT2D eigenvalue weighted by Crippen LogP contribution is -2.33. The fourth-order valence-corrected chi connectivity index (χ4v) is 4.91. The van der Waals surface area contributed by atoms with Crippen LogP contribution in [0.15, 0.2) is 35.5 Å². The number of hydrogen-bond donors (Lipinski definition) is 0. The van der Waals surface area contributed by atoms with Crippen LogP contribution in [0.1, 0.15) is 35.9 Å². The number of para-hydroxylation sites is 1. The number of sulfonamides is 1. The molecule has 0 N–H and O–H groups in total. The van der Waals surface area contributed by atoms with Crippen molar-refractivity contribution in [1.82, 2.24) is 18.8 Å². The largest absolute Gasteiger partial charge is 0.341 e. The number of nitrogens with zero attached hydrogens (tertiary/aromatic N) is 4. The molecule has 0 saturated heterocycles. The van der Waals surface area contributed by atoms with Gasteiger partial charge in [-0.25, -0.2) is 13.4 Å². The third kappa shape index (κ3) is 2.73. The van der Waals surface area contributed by atoms with Crippen LogP contribution in [-0.4, -0.2) is 53.2 Å². The molecule has 7 nitrogen and oxygen atoms in total. The van der Waals surface area contributed by atoms with Crippen LogP contribution in [0.4, 0.5) is 0 Å². The standard InChI is InChI=1S/C18H22N4O3S/c1-3-20(2)18(23)17-15-11-21(10-13-8-9-13)26(24,25)16-7-5-4-6-14(16)22(15)12-19-17/h4-7,12-13H,3,8-11H2,1-2H3. The fourth-order valence-electron chi connectivity index (χ4n) is 3.25. The zero-order valence-electron chi connectivity index (χ0n) is 14.9. The quantitative estimate of drug-likeness (QED) is 0.819. The first kappa shape index (κ1) is 17.2. The Hall–Kier alpha value is -2.19. The van der Waals surface area contributed by atoms with Gasteiger partial charge in [-0.15, -0.1) is 0 Å². The summed E-state index contributed by atoms with van der Waals surface area (Å²) >= 11 is 0. The second-order valence-corrected chi connectivity index (χ2v) is 8.84. The van der Waals surface area contributed by atoms with Crippen LogP contribution in [0.3, 0.4) is 0 Å². The van der Waals surface area contributed by atoms with Gasteiger partial charge in [0.05, 0.1) is 17.9 Å². The van der Waals surface area contributed by atoms with Crippen molar-refractivity contribution in [3.8, 4) is 5.69 Å².